The molecule has 1 aromatic rings. The molecular formula is C13H20N4O2S. The number of amides is 2. The Kier molecular flexibility index (Phi) is 4.69. The van der Waals surface area contributed by atoms with Gasteiger partial charge in [0.1, 0.15) is 11.7 Å². The van der Waals surface area contributed by atoms with E-state index in [9.17, 15) is 9.59 Å². The molecule has 0 aromatic carbocycles. The fourth-order valence-corrected chi connectivity index (χ4v) is 3.03. The second-order valence-electron chi connectivity index (χ2n) is 5.30. The third-order valence-electron chi connectivity index (χ3n) is 3.55. The standard InChI is InChI=1S/C13H20N4O2S/c1-8(2)9(3)15-12(18)11-6-20-7-17(11)13(19)10-4-5-14-16-10/h4-5,8-9,11H,6-7H2,1-3H3,(H,14,16)(H,15,18)/t9-,11-/m1/s1. The first-order chi connectivity index (χ1) is 9.50. The van der Waals surface area contributed by atoms with Crippen molar-refractivity contribution in [3.8, 4) is 0 Å². The van der Waals surface area contributed by atoms with Crippen LogP contribution in [0.1, 0.15) is 31.3 Å². The van der Waals surface area contributed by atoms with Crippen molar-refractivity contribution in [3.05, 3.63) is 18.0 Å². The second kappa shape index (κ2) is 6.30. The van der Waals surface area contributed by atoms with E-state index in [0.29, 0.717) is 23.2 Å². The predicted molar refractivity (Wildman–Crippen MR) is 78.3 cm³/mol. The monoisotopic (exact) mass is 296 g/mol. The highest BCUT2D eigenvalue weighted by atomic mass is 32.2. The highest BCUT2D eigenvalue weighted by Gasteiger charge is 2.36. The maximum atomic E-state index is 12.3. The van der Waals surface area contributed by atoms with Gasteiger partial charge in [-0.25, -0.2) is 0 Å². The van der Waals surface area contributed by atoms with Gasteiger partial charge in [0, 0.05) is 18.0 Å². The molecule has 0 unspecified atom stereocenters. The van der Waals surface area contributed by atoms with Crippen molar-refractivity contribution in [1.82, 2.24) is 20.4 Å². The molecule has 1 aromatic heterocycles. The van der Waals surface area contributed by atoms with Gasteiger partial charge >= 0.3 is 0 Å². The molecule has 2 amide bonds. The number of hydrogen-bond acceptors (Lipinski definition) is 4. The Bertz CT molecular complexity index is 475. The molecule has 0 spiro atoms. The van der Waals surface area contributed by atoms with Crippen LogP contribution in [0.4, 0.5) is 0 Å². The Hall–Kier alpha value is -1.50. The molecule has 1 fully saturated rings. The van der Waals surface area contributed by atoms with Gasteiger partial charge in [0.25, 0.3) is 5.91 Å². The number of aromatic nitrogens is 2. The van der Waals surface area contributed by atoms with Crippen LogP contribution in [0.3, 0.4) is 0 Å². The van der Waals surface area contributed by atoms with Crippen molar-refractivity contribution >= 4 is 23.6 Å². The minimum Gasteiger partial charge on any atom is -0.352 e. The van der Waals surface area contributed by atoms with E-state index in [4.69, 9.17) is 0 Å². The van der Waals surface area contributed by atoms with Crippen molar-refractivity contribution in [2.24, 2.45) is 5.92 Å². The maximum Gasteiger partial charge on any atom is 0.273 e. The quantitative estimate of drug-likeness (QED) is 0.871. The molecule has 0 radical (unpaired) electrons. The number of carbonyl (C=O) groups excluding carboxylic acids is 2. The lowest BCUT2D eigenvalue weighted by atomic mass is 10.1. The molecule has 0 saturated carbocycles. The van der Waals surface area contributed by atoms with Crippen molar-refractivity contribution in [1.29, 1.82) is 0 Å². The average molecular weight is 296 g/mol. The molecule has 1 saturated heterocycles. The number of hydrogen-bond donors (Lipinski definition) is 2. The molecule has 20 heavy (non-hydrogen) atoms. The molecule has 0 aliphatic carbocycles. The summed E-state index contributed by atoms with van der Waals surface area (Å²) in [5.41, 5.74) is 0.419. The lowest BCUT2D eigenvalue weighted by molar-refractivity contribution is -0.125. The van der Waals surface area contributed by atoms with Gasteiger partial charge in [0.05, 0.1) is 5.88 Å². The van der Waals surface area contributed by atoms with Gasteiger partial charge in [-0.2, -0.15) is 5.10 Å². The Labute approximate surface area is 122 Å². The van der Waals surface area contributed by atoms with Crippen LogP contribution in [0.25, 0.3) is 0 Å². The van der Waals surface area contributed by atoms with E-state index >= 15 is 0 Å². The molecule has 0 bridgehead atoms. The SMILES string of the molecule is CC(C)[C@@H](C)NC(=O)[C@H]1CSCN1C(=O)c1ccn[nH]1. The first kappa shape index (κ1) is 14.9. The van der Waals surface area contributed by atoms with Crippen LogP contribution in [0.5, 0.6) is 0 Å². The Morgan fingerprint density at radius 3 is 2.85 bits per heavy atom. The lowest BCUT2D eigenvalue weighted by Crippen LogP contribution is -2.50. The summed E-state index contributed by atoms with van der Waals surface area (Å²) in [5, 5.41) is 9.41. The number of aromatic amines is 1. The van der Waals surface area contributed by atoms with Crippen LogP contribution in [0.2, 0.25) is 0 Å². The van der Waals surface area contributed by atoms with Gasteiger partial charge in [0.2, 0.25) is 5.91 Å². The number of nitrogens with one attached hydrogen (secondary N) is 2. The van der Waals surface area contributed by atoms with E-state index in [-0.39, 0.29) is 17.9 Å². The topological polar surface area (TPSA) is 78.1 Å². The van der Waals surface area contributed by atoms with Gasteiger partial charge < -0.3 is 10.2 Å². The van der Waals surface area contributed by atoms with E-state index in [1.165, 1.54) is 6.20 Å². The van der Waals surface area contributed by atoms with Gasteiger partial charge in [-0.1, -0.05) is 13.8 Å². The van der Waals surface area contributed by atoms with Crippen LogP contribution in [0, 0.1) is 5.92 Å². The smallest absolute Gasteiger partial charge is 0.273 e. The number of rotatable bonds is 4. The summed E-state index contributed by atoms with van der Waals surface area (Å²) >= 11 is 1.59. The summed E-state index contributed by atoms with van der Waals surface area (Å²) in [6.07, 6.45) is 1.53. The van der Waals surface area contributed by atoms with Crippen LogP contribution in [-0.2, 0) is 4.79 Å². The Balaban J connectivity index is 2.04. The first-order valence-electron chi connectivity index (χ1n) is 6.69. The molecule has 1 aliphatic heterocycles. The van der Waals surface area contributed by atoms with Crippen LogP contribution in [-0.4, -0.2) is 50.6 Å². The molecule has 6 nitrogen and oxygen atoms in total. The van der Waals surface area contributed by atoms with Crippen LogP contribution >= 0.6 is 11.8 Å². The minimum absolute atomic E-state index is 0.0796. The average Bonchev–Trinajstić information content (AvgIpc) is 3.08. The molecular weight excluding hydrogens is 276 g/mol. The highest BCUT2D eigenvalue weighted by Crippen LogP contribution is 2.23. The van der Waals surface area contributed by atoms with Gasteiger partial charge in [-0.3, -0.25) is 14.7 Å². The predicted octanol–water partition coefficient (Wildman–Crippen LogP) is 1.09. The normalized spacial score (nSPS) is 20.2. The number of thioether (sulfide) groups is 1. The molecule has 2 heterocycles. The zero-order valence-electron chi connectivity index (χ0n) is 11.9. The number of carbonyl (C=O) groups is 2. The van der Waals surface area contributed by atoms with Crippen molar-refractivity contribution in [3.63, 3.8) is 0 Å². The summed E-state index contributed by atoms with van der Waals surface area (Å²) in [6.45, 7) is 6.09. The summed E-state index contributed by atoms with van der Waals surface area (Å²) in [7, 11) is 0. The second-order valence-corrected chi connectivity index (χ2v) is 6.30. The zero-order chi connectivity index (χ0) is 14.7. The third kappa shape index (κ3) is 3.15. The largest absolute Gasteiger partial charge is 0.352 e. The van der Waals surface area contributed by atoms with E-state index in [1.54, 1.807) is 22.7 Å². The van der Waals surface area contributed by atoms with Crippen LogP contribution < -0.4 is 5.32 Å². The Morgan fingerprint density at radius 1 is 1.50 bits per heavy atom. The van der Waals surface area contributed by atoms with E-state index in [1.807, 2.05) is 6.92 Å². The summed E-state index contributed by atoms with van der Waals surface area (Å²) in [6, 6.07) is 1.31. The molecule has 1 aliphatic rings. The van der Waals surface area contributed by atoms with Crippen molar-refractivity contribution < 1.29 is 9.59 Å². The van der Waals surface area contributed by atoms with E-state index in [2.05, 4.69) is 29.4 Å². The molecule has 2 N–H and O–H groups in total. The first-order valence-corrected chi connectivity index (χ1v) is 7.84. The van der Waals surface area contributed by atoms with E-state index in [0.717, 1.165) is 0 Å². The molecule has 7 heteroatoms. The molecule has 2 rings (SSSR count). The molecule has 110 valence electrons. The van der Waals surface area contributed by atoms with Gasteiger partial charge in [0.15, 0.2) is 0 Å². The number of H-pyrrole nitrogens is 1. The van der Waals surface area contributed by atoms with E-state index < -0.39 is 6.04 Å². The Morgan fingerprint density at radius 2 is 2.25 bits per heavy atom. The maximum absolute atomic E-state index is 12.3. The highest BCUT2D eigenvalue weighted by molar-refractivity contribution is 7.99. The third-order valence-corrected chi connectivity index (χ3v) is 4.56. The fraction of sp³-hybridized carbons (Fsp3) is 0.615. The summed E-state index contributed by atoms with van der Waals surface area (Å²) in [5.74, 6) is 1.28. The van der Waals surface area contributed by atoms with Crippen molar-refractivity contribution in [2.45, 2.75) is 32.9 Å². The van der Waals surface area contributed by atoms with Crippen LogP contribution in [0.15, 0.2) is 12.3 Å². The van der Waals surface area contributed by atoms with Crippen molar-refractivity contribution in [2.75, 3.05) is 11.6 Å². The van der Waals surface area contributed by atoms with Gasteiger partial charge in [-0.05, 0) is 18.9 Å². The fourth-order valence-electron chi connectivity index (χ4n) is 1.88. The minimum atomic E-state index is -0.406. The van der Waals surface area contributed by atoms with Gasteiger partial charge in [-0.15, -0.1) is 11.8 Å². The number of nitrogens with zero attached hydrogens (tertiary/aromatic N) is 2. The zero-order valence-corrected chi connectivity index (χ0v) is 12.7. The lowest BCUT2D eigenvalue weighted by Gasteiger charge is -2.25. The summed E-state index contributed by atoms with van der Waals surface area (Å²) in [4.78, 5) is 26.2. The summed E-state index contributed by atoms with van der Waals surface area (Å²) < 4.78 is 0. The molecule has 2 atom stereocenters.